The minimum absolute atomic E-state index is 0. The Kier molecular flexibility index (Phi) is 29.0. The van der Waals surface area contributed by atoms with Gasteiger partial charge in [-0.15, -0.1) is 0 Å². The van der Waals surface area contributed by atoms with Crippen molar-refractivity contribution >= 4 is 37.2 Å². The third-order valence-electron chi connectivity index (χ3n) is 14.9. The van der Waals surface area contributed by atoms with E-state index in [4.69, 9.17) is 47.4 Å². The van der Waals surface area contributed by atoms with Crippen LogP contribution in [0.5, 0.6) is 23.0 Å². The Morgan fingerprint density at radius 2 is 0.373 bits per heavy atom. The van der Waals surface area contributed by atoms with Gasteiger partial charge in [0, 0.05) is 92.3 Å². The van der Waals surface area contributed by atoms with Gasteiger partial charge < -0.3 is 81.3 Å². The van der Waals surface area contributed by atoms with E-state index in [1.54, 1.807) is 0 Å². The number of pyridine rings is 4. The molecule has 17 aliphatic rings. The average molecular weight is 1610 g/mol. The third-order valence-corrected chi connectivity index (χ3v) is 14.9. The number of hydrogen-bond donors (Lipinski definition) is 0. The Morgan fingerprint density at radius 1 is 0.216 bits per heavy atom. The van der Waals surface area contributed by atoms with E-state index >= 15 is 0 Å². The van der Waals surface area contributed by atoms with Crippen LogP contribution in [-0.4, -0.2) is 106 Å². The summed E-state index contributed by atoms with van der Waals surface area (Å²) in [5.74, 6) is 3.15. The molecule has 30 heteroatoms. The molecule has 21 heterocycles. The maximum Gasteiger partial charge on any atom is 0.173 e. The Labute approximate surface area is 602 Å². The minimum atomic E-state index is -10.7. The van der Waals surface area contributed by atoms with E-state index in [-0.39, 0.29) is 34.0 Å². The van der Waals surface area contributed by atoms with E-state index in [2.05, 4.69) is 165 Å². The Balaban J connectivity index is 0.000000238. The number of ether oxygens (including phenoxy) is 10. The number of nitrogens with zero attached hydrogens (tertiary/aromatic N) is 4. The maximum absolute atomic E-state index is 10.7. The molecule has 6 aromatic carbocycles. The second-order valence-corrected chi connectivity index (χ2v) is 26.7. The van der Waals surface area contributed by atoms with Crippen LogP contribution in [0.25, 0.3) is 43.8 Å². The van der Waals surface area contributed by atoms with Crippen molar-refractivity contribution in [3.63, 3.8) is 0 Å². The standard InChI is InChI=1S/C36H32N4.C36H44O10.2BrH.2F6P/c1-2-30-4-3-29(1)25-37-17-9-33(10-18-37)35-13-21-39(22-14-35)27-31-5-7-32(8-6-31)28-40-23-15-36(16-24-40)34-11-19-38(26-30)20-12-34;1-5-29-30-6-2-10-34(29)44-26-22-40-18-14-38-16-20-42-24-28-46-36-12-4-7-31-32(36)8-3-11-35(31)45-27-23-41-19-15-37-13-17-39-21-25-43-33(30)9-1;;;2*1-7(2,3,4,5)6/h1-24H,25-28H2;1-12H,13-28H2;2*1H;;/q+4;;;;2*-1/p-2. The van der Waals surface area contributed by atoms with Crippen molar-refractivity contribution < 1.29 is 150 Å². The zero-order valence-corrected chi connectivity index (χ0v) is 59.9. The van der Waals surface area contributed by atoms with Crippen LogP contribution in [0.15, 0.2) is 219 Å². The summed E-state index contributed by atoms with van der Waals surface area (Å²) in [5.41, 5.74) is 10.1. The summed E-state index contributed by atoms with van der Waals surface area (Å²) in [7, 11) is -21.3. The monoisotopic (exact) mass is 1600 g/mol. The molecule has 0 unspecified atom stereocenters. The predicted octanol–water partition coefficient (Wildman–Crippen LogP) is 10.8. The molecule has 102 heavy (non-hydrogen) atoms. The summed E-state index contributed by atoms with van der Waals surface area (Å²) in [6.07, 6.45) is 17.4. The Hall–Kier alpha value is -7.62. The van der Waals surface area contributed by atoms with E-state index in [0.717, 1.165) is 70.7 Å². The van der Waals surface area contributed by atoms with Gasteiger partial charge in [-0.25, -0.2) is 18.3 Å². The fraction of sp³-hybridized carbons (Fsp3) is 0.278. The van der Waals surface area contributed by atoms with Gasteiger partial charge >= 0.3 is 66.0 Å². The summed E-state index contributed by atoms with van der Waals surface area (Å²) in [6, 6.07) is 59.3. The molecule has 0 saturated carbocycles. The SMILES string of the molecule is F[P-](F)(F)(F)(F)F.F[P-](F)(F)(F)(F)F.[Br-].[Br-].c1cc2c3cccc(c3c1)OCCOCCOCCOCCOc1cccc3c(cccc13)OCCOCCOCCOCCO2.c1cc2ccc1C[n+]1ccc(cc1)-c1cc[n+](cc1)Cc1ccc(cc1)C[n+]1ccc(cc1)-c1cc[n+](cc1)C2. The number of benzene rings is 6. The van der Waals surface area contributed by atoms with Crippen LogP contribution in [0.3, 0.4) is 0 Å². The van der Waals surface area contributed by atoms with Gasteiger partial charge in [-0.3, -0.25) is 0 Å². The van der Waals surface area contributed by atoms with Crippen LogP contribution in [0.4, 0.5) is 50.4 Å². The molecule has 20 bridgehead atoms. The van der Waals surface area contributed by atoms with Crippen molar-refractivity contribution in [3.8, 4) is 45.3 Å². The number of hydrogen-bond acceptors (Lipinski definition) is 10. The first-order chi connectivity index (χ1) is 47.5. The number of aromatic nitrogens is 4. The van der Waals surface area contributed by atoms with Crippen LogP contribution in [0, 0.1) is 0 Å². The van der Waals surface area contributed by atoms with Crippen molar-refractivity contribution in [1.82, 2.24) is 0 Å². The van der Waals surface area contributed by atoms with Gasteiger partial charge in [0.15, 0.2) is 75.8 Å². The quantitative estimate of drug-likeness (QED) is 0.0827. The fourth-order valence-electron chi connectivity index (χ4n) is 10.3. The second-order valence-electron chi connectivity index (χ2n) is 22.9. The molecule has 0 N–H and O–H groups in total. The molecule has 10 aromatic rings. The van der Waals surface area contributed by atoms with Gasteiger partial charge in [-0.05, 0) is 46.5 Å². The number of halogens is 14. The van der Waals surface area contributed by atoms with Gasteiger partial charge in [-0.2, -0.15) is 0 Å². The van der Waals surface area contributed by atoms with Gasteiger partial charge in [0.25, 0.3) is 0 Å². The fourth-order valence-corrected chi connectivity index (χ4v) is 10.3. The molecule has 14 nitrogen and oxygen atoms in total. The molecule has 17 aliphatic heterocycles. The molecule has 0 fully saturated rings. The maximum atomic E-state index is 9.87. The molecule has 0 spiro atoms. The minimum Gasteiger partial charge on any atom is -1.00 e. The first-order valence-corrected chi connectivity index (χ1v) is 35.9. The summed E-state index contributed by atoms with van der Waals surface area (Å²) < 4.78 is 185. The van der Waals surface area contributed by atoms with Gasteiger partial charge in [0.1, 0.15) is 49.4 Å². The van der Waals surface area contributed by atoms with Crippen LogP contribution in [0.1, 0.15) is 22.3 Å². The topological polar surface area (TPSA) is 108 Å². The van der Waals surface area contributed by atoms with Crippen molar-refractivity contribution in [2.45, 2.75) is 26.2 Å². The van der Waals surface area contributed by atoms with E-state index < -0.39 is 15.6 Å². The van der Waals surface area contributed by atoms with Crippen molar-refractivity contribution in [1.29, 1.82) is 0 Å². The summed E-state index contributed by atoms with van der Waals surface area (Å²) in [4.78, 5) is 0. The van der Waals surface area contributed by atoms with Crippen LogP contribution < -0.4 is 71.2 Å². The van der Waals surface area contributed by atoms with Gasteiger partial charge in [0.05, 0.1) is 79.3 Å². The molecule has 4 aromatic heterocycles. The molecule has 0 saturated heterocycles. The molecule has 0 amide bonds. The van der Waals surface area contributed by atoms with Crippen molar-refractivity contribution in [3.05, 3.63) is 242 Å². The first kappa shape index (κ1) is 81.7. The predicted molar refractivity (Wildman–Crippen MR) is 356 cm³/mol. The van der Waals surface area contributed by atoms with Crippen molar-refractivity contribution in [2.75, 3.05) is 106 Å². The molecule has 0 atom stereocenters. The number of rotatable bonds is 0. The summed E-state index contributed by atoms with van der Waals surface area (Å²) in [5, 5.41) is 3.94. The van der Waals surface area contributed by atoms with Crippen LogP contribution in [0.2, 0.25) is 0 Å². The van der Waals surface area contributed by atoms with E-state index in [0.29, 0.717) is 106 Å². The van der Waals surface area contributed by atoms with E-state index in [1.165, 1.54) is 44.5 Å². The molecular weight excluding hydrogens is 1530 g/mol. The average Bonchev–Trinajstić information content (AvgIpc) is 0.799. The molecule has 552 valence electrons. The van der Waals surface area contributed by atoms with Gasteiger partial charge in [-0.1, -0.05) is 97.1 Å². The largest absolute Gasteiger partial charge is 1.00 e. The molecule has 27 rings (SSSR count). The Bertz CT molecular complexity index is 3680. The van der Waals surface area contributed by atoms with E-state index in [9.17, 15) is 50.4 Å². The second kappa shape index (κ2) is 36.2. The molecule has 0 radical (unpaired) electrons. The molecular formula is C72H76Br2F12N4O10P2. The summed E-state index contributed by atoms with van der Waals surface area (Å²) >= 11 is 0. The summed E-state index contributed by atoms with van der Waals surface area (Å²) in [6.45, 7) is 10.8. The van der Waals surface area contributed by atoms with Crippen molar-refractivity contribution in [2.24, 2.45) is 0 Å². The van der Waals surface area contributed by atoms with E-state index in [1.807, 2.05) is 72.8 Å². The van der Waals surface area contributed by atoms with Crippen LogP contribution in [-0.2, 0) is 54.6 Å². The zero-order chi connectivity index (χ0) is 71.0. The first-order valence-electron chi connectivity index (χ1n) is 31.8. The normalized spacial score (nSPS) is 16.3. The zero-order valence-electron chi connectivity index (χ0n) is 55.0. The third kappa shape index (κ3) is 31.5. The molecule has 0 aliphatic carbocycles. The van der Waals surface area contributed by atoms with Gasteiger partial charge in [0.2, 0.25) is 0 Å². The van der Waals surface area contributed by atoms with Crippen LogP contribution >= 0.6 is 15.6 Å². The Morgan fingerprint density at radius 3 is 0.539 bits per heavy atom. The smallest absolute Gasteiger partial charge is 0.173 e.